The predicted molar refractivity (Wildman–Crippen MR) is 108 cm³/mol. The highest BCUT2D eigenvalue weighted by Crippen LogP contribution is 2.40. The number of carbonyl (C=O) groups excluding carboxylic acids is 1. The van der Waals surface area contributed by atoms with Crippen LogP contribution in [0.1, 0.15) is 47.7 Å². The zero-order valence-corrected chi connectivity index (χ0v) is 17.0. The Morgan fingerprint density at radius 2 is 1.70 bits per heavy atom. The molecule has 1 aromatic heterocycles. The maximum atomic E-state index is 13.2. The van der Waals surface area contributed by atoms with E-state index in [1.54, 1.807) is 11.0 Å². The molecule has 2 amide bonds. The lowest BCUT2D eigenvalue weighted by Gasteiger charge is -2.23. The summed E-state index contributed by atoms with van der Waals surface area (Å²) < 4.78 is 11.4. The molecule has 0 spiro atoms. The molecule has 0 aromatic carbocycles. The van der Waals surface area contributed by atoms with Gasteiger partial charge in [-0.05, 0) is 48.8 Å². The molecule has 160 valence electrons. The van der Waals surface area contributed by atoms with Gasteiger partial charge in [0.25, 0.3) is 5.91 Å². The van der Waals surface area contributed by atoms with Crippen LogP contribution in [0.15, 0.2) is 23.3 Å². The molecule has 4 heterocycles. The van der Waals surface area contributed by atoms with E-state index in [4.69, 9.17) is 9.47 Å². The fourth-order valence-corrected chi connectivity index (χ4v) is 4.47. The summed E-state index contributed by atoms with van der Waals surface area (Å²) in [6, 6.07) is 3.68. The summed E-state index contributed by atoms with van der Waals surface area (Å²) in [5, 5.41) is 9.18. The maximum absolute atomic E-state index is 13.2. The fraction of sp³-hybridized carbons (Fsp3) is 0.591. The van der Waals surface area contributed by atoms with Gasteiger partial charge in [-0.15, -0.1) is 0 Å². The highest BCUT2D eigenvalue weighted by Gasteiger charge is 2.35. The molecule has 2 fully saturated rings. The molecule has 1 saturated heterocycles. The minimum Gasteiger partial charge on any atom is -0.477 e. The molecule has 0 unspecified atom stereocenters. The van der Waals surface area contributed by atoms with E-state index in [-0.39, 0.29) is 5.91 Å². The van der Waals surface area contributed by atoms with Crippen LogP contribution in [0.4, 0.5) is 4.79 Å². The molecular weight excluding hydrogens is 386 g/mol. The zero-order chi connectivity index (χ0) is 20.7. The van der Waals surface area contributed by atoms with Crippen molar-refractivity contribution in [2.24, 2.45) is 5.92 Å². The molecule has 8 heteroatoms. The summed E-state index contributed by atoms with van der Waals surface area (Å²) in [5.74, 6) is 1.39. The maximum Gasteiger partial charge on any atom is 0.407 e. The van der Waals surface area contributed by atoms with Crippen molar-refractivity contribution in [1.82, 2.24) is 14.8 Å². The van der Waals surface area contributed by atoms with Crippen LogP contribution < -0.4 is 4.74 Å². The highest BCUT2D eigenvalue weighted by molar-refractivity contribution is 5.95. The average molecular weight is 413 g/mol. The van der Waals surface area contributed by atoms with Gasteiger partial charge >= 0.3 is 6.09 Å². The van der Waals surface area contributed by atoms with Crippen LogP contribution >= 0.6 is 0 Å². The van der Waals surface area contributed by atoms with E-state index in [0.29, 0.717) is 56.1 Å². The molecule has 30 heavy (non-hydrogen) atoms. The van der Waals surface area contributed by atoms with Crippen LogP contribution in [0.25, 0.3) is 0 Å². The van der Waals surface area contributed by atoms with E-state index in [0.717, 1.165) is 55.7 Å². The SMILES string of the molecule is O=C(O)N1CC2=C(C1)CN(C(=O)c1cc(OCC3CCOCC3)nc(C3CC3)c1)C2. The van der Waals surface area contributed by atoms with Crippen LogP contribution in [-0.2, 0) is 4.74 Å². The summed E-state index contributed by atoms with van der Waals surface area (Å²) in [4.78, 5) is 32.3. The van der Waals surface area contributed by atoms with Gasteiger partial charge in [0.05, 0.1) is 6.61 Å². The van der Waals surface area contributed by atoms with Gasteiger partial charge in [0, 0.05) is 62.6 Å². The second kappa shape index (κ2) is 7.91. The Morgan fingerprint density at radius 1 is 1.03 bits per heavy atom. The standard InChI is InChI=1S/C22H27N3O5/c26-21(24-9-17-11-25(22(27)28)12-18(17)10-24)16-7-19(15-1-2-15)23-20(8-16)30-13-14-3-5-29-6-4-14/h7-8,14-15H,1-6,9-13H2,(H,27,28). The molecule has 0 bridgehead atoms. The van der Waals surface area contributed by atoms with Crippen LogP contribution in [0, 0.1) is 5.92 Å². The number of nitrogens with zero attached hydrogens (tertiary/aromatic N) is 3. The van der Waals surface area contributed by atoms with Gasteiger partial charge in [0.15, 0.2) is 0 Å². The predicted octanol–water partition coefficient (Wildman–Crippen LogP) is 2.51. The van der Waals surface area contributed by atoms with Crippen molar-refractivity contribution in [2.75, 3.05) is 46.0 Å². The molecule has 4 aliphatic rings. The summed E-state index contributed by atoms with van der Waals surface area (Å²) in [5.41, 5.74) is 3.67. The number of pyridine rings is 1. The Morgan fingerprint density at radius 3 is 2.33 bits per heavy atom. The monoisotopic (exact) mass is 413 g/mol. The third-order valence-electron chi connectivity index (χ3n) is 6.46. The first kappa shape index (κ1) is 19.4. The van der Waals surface area contributed by atoms with Gasteiger partial charge in [-0.2, -0.15) is 0 Å². The van der Waals surface area contributed by atoms with E-state index < -0.39 is 6.09 Å². The molecule has 0 radical (unpaired) electrons. The molecule has 5 rings (SSSR count). The van der Waals surface area contributed by atoms with E-state index in [9.17, 15) is 14.7 Å². The average Bonchev–Trinajstić information content (AvgIpc) is 3.41. The largest absolute Gasteiger partial charge is 0.477 e. The first-order valence-corrected chi connectivity index (χ1v) is 10.8. The second-order valence-electron chi connectivity index (χ2n) is 8.77. The minimum absolute atomic E-state index is 0.0357. The summed E-state index contributed by atoms with van der Waals surface area (Å²) in [6.45, 7) is 3.95. The lowest BCUT2D eigenvalue weighted by Crippen LogP contribution is -2.35. The lowest BCUT2D eigenvalue weighted by molar-refractivity contribution is 0.0490. The third kappa shape index (κ3) is 4.01. The Kier molecular flexibility index (Phi) is 5.10. The highest BCUT2D eigenvalue weighted by atomic mass is 16.5. The summed E-state index contributed by atoms with van der Waals surface area (Å²) in [6.07, 6.45) is 3.29. The van der Waals surface area contributed by atoms with E-state index in [1.165, 1.54) is 4.90 Å². The molecule has 3 aliphatic heterocycles. The molecule has 1 N–H and O–H groups in total. The summed E-state index contributed by atoms with van der Waals surface area (Å²) in [7, 11) is 0. The number of amides is 2. The van der Waals surface area contributed by atoms with Gasteiger partial charge < -0.3 is 24.4 Å². The molecule has 0 atom stereocenters. The number of ether oxygens (including phenoxy) is 2. The molecule has 8 nitrogen and oxygen atoms in total. The van der Waals surface area contributed by atoms with Crippen molar-refractivity contribution in [1.29, 1.82) is 0 Å². The van der Waals surface area contributed by atoms with Gasteiger partial charge in [0.2, 0.25) is 5.88 Å². The number of carbonyl (C=O) groups is 2. The van der Waals surface area contributed by atoms with Crippen LogP contribution in [-0.4, -0.2) is 77.9 Å². The summed E-state index contributed by atoms with van der Waals surface area (Å²) >= 11 is 0. The van der Waals surface area contributed by atoms with Crippen LogP contribution in [0.2, 0.25) is 0 Å². The van der Waals surface area contributed by atoms with Gasteiger partial charge in [-0.3, -0.25) is 4.79 Å². The van der Waals surface area contributed by atoms with Crippen molar-refractivity contribution in [3.05, 3.63) is 34.5 Å². The number of hydrogen-bond donors (Lipinski definition) is 1. The van der Waals surface area contributed by atoms with Crippen molar-refractivity contribution in [2.45, 2.75) is 31.6 Å². The Hall–Kier alpha value is -2.61. The van der Waals surface area contributed by atoms with Gasteiger partial charge in [0.1, 0.15) is 0 Å². The first-order valence-electron chi connectivity index (χ1n) is 10.8. The van der Waals surface area contributed by atoms with Gasteiger partial charge in [-0.25, -0.2) is 9.78 Å². The van der Waals surface area contributed by atoms with E-state index >= 15 is 0 Å². The molecule has 1 aromatic rings. The fourth-order valence-electron chi connectivity index (χ4n) is 4.47. The van der Waals surface area contributed by atoms with Crippen molar-refractivity contribution < 1.29 is 24.2 Å². The van der Waals surface area contributed by atoms with Crippen molar-refractivity contribution in [3.63, 3.8) is 0 Å². The molecular formula is C22H27N3O5. The normalized spacial score (nSPS) is 21.9. The minimum atomic E-state index is -0.906. The molecule has 1 aliphatic carbocycles. The quantitative estimate of drug-likeness (QED) is 0.746. The van der Waals surface area contributed by atoms with Crippen LogP contribution in [0.3, 0.4) is 0 Å². The third-order valence-corrected chi connectivity index (χ3v) is 6.46. The Bertz CT molecular complexity index is 871. The van der Waals surface area contributed by atoms with E-state index in [2.05, 4.69) is 4.98 Å². The van der Waals surface area contributed by atoms with E-state index in [1.807, 2.05) is 6.07 Å². The van der Waals surface area contributed by atoms with Crippen LogP contribution in [0.5, 0.6) is 5.88 Å². The smallest absolute Gasteiger partial charge is 0.407 e. The molecule has 1 saturated carbocycles. The lowest BCUT2D eigenvalue weighted by atomic mass is 10.0. The Balaban J connectivity index is 1.27. The first-order chi connectivity index (χ1) is 14.6. The number of hydrogen-bond acceptors (Lipinski definition) is 5. The Labute approximate surface area is 175 Å². The zero-order valence-electron chi connectivity index (χ0n) is 17.0. The number of rotatable bonds is 5. The van der Waals surface area contributed by atoms with Crippen molar-refractivity contribution >= 4 is 12.0 Å². The van der Waals surface area contributed by atoms with Crippen molar-refractivity contribution in [3.8, 4) is 5.88 Å². The topological polar surface area (TPSA) is 92.2 Å². The second-order valence-corrected chi connectivity index (χ2v) is 8.77. The number of aromatic nitrogens is 1. The number of carboxylic acid groups (broad SMARTS) is 1. The van der Waals surface area contributed by atoms with Gasteiger partial charge in [-0.1, -0.05) is 0 Å².